The molecule has 27 heavy (non-hydrogen) atoms. The summed E-state index contributed by atoms with van der Waals surface area (Å²) in [5.74, 6) is -0.429. The van der Waals surface area contributed by atoms with Crippen LogP contribution in [0.2, 0.25) is 5.02 Å². The fourth-order valence-corrected chi connectivity index (χ4v) is 4.10. The molecule has 1 aliphatic heterocycles. The zero-order chi connectivity index (χ0) is 19.3. The SMILES string of the molecule is CC1(C)CC(=O)C2=C(C1)Nc1ccc(Cl)cc1N[C@H]2c1cccc(O)c1O. The predicted molar refractivity (Wildman–Crippen MR) is 106 cm³/mol. The molecule has 1 atom stereocenters. The lowest BCUT2D eigenvalue weighted by Gasteiger charge is -2.34. The maximum absolute atomic E-state index is 13.1. The Balaban J connectivity index is 1.94. The van der Waals surface area contributed by atoms with E-state index in [1.165, 1.54) is 6.07 Å². The number of carbonyl (C=O) groups excluding carboxylic acids is 1. The summed E-state index contributed by atoms with van der Waals surface area (Å²) in [5, 5.41) is 27.7. The predicted octanol–water partition coefficient (Wildman–Crippen LogP) is 4.97. The number of fused-ring (bicyclic) bond motifs is 1. The van der Waals surface area contributed by atoms with E-state index in [1.54, 1.807) is 24.3 Å². The number of allylic oxidation sites excluding steroid dienone is 1. The summed E-state index contributed by atoms with van der Waals surface area (Å²) in [7, 11) is 0. The molecule has 0 saturated carbocycles. The van der Waals surface area contributed by atoms with Gasteiger partial charge in [0.05, 0.1) is 17.4 Å². The highest BCUT2D eigenvalue weighted by Gasteiger charge is 2.39. The molecule has 0 spiro atoms. The summed E-state index contributed by atoms with van der Waals surface area (Å²) in [5.41, 5.74) is 3.26. The largest absolute Gasteiger partial charge is 0.504 e. The number of hydrogen-bond acceptors (Lipinski definition) is 5. The van der Waals surface area contributed by atoms with Crippen LogP contribution < -0.4 is 10.6 Å². The second-order valence-corrected chi connectivity index (χ2v) is 8.38. The van der Waals surface area contributed by atoms with E-state index < -0.39 is 6.04 Å². The monoisotopic (exact) mass is 384 g/mol. The first kappa shape index (κ1) is 17.7. The molecule has 4 N–H and O–H groups in total. The quantitative estimate of drug-likeness (QED) is 0.522. The van der Waals surface area contributed by atoms with Crippen LogP contribution in [0, 0.1) is 5.41 Å². The standard InChI is InChI=1S/C21H21ClN2O3/c1-21(2)9-15-18(17(26)10-21)19(12-4-3-5-16(25)20(12)27)24-14-8-11(22)6-7-13(14)23-15/h3-8,19,23-25,27H,9-10H2,1-2H3/t19-/m0/s1. The Labute approximate surface area is 162 Å². The summed E-state index contributed by atoms with van der Waals surface area (Å²) in [6, 6.07) is 9.62. The first-order valence-corrected chi connectivity index (χ1v) is 9.23. The van der Waals surface area contributed by atoms with Crippen LogP contribution in [0.5, 0.6) is 11.5 Å². The molecule has 0 aromatic heterocycles. The maximum atomic E-state index is 13.1. The molecule has 0 bridgehead atoms. The fourth-order valence-electron chi connectivity index (χ4n) is 3.93. The average Bonchev–Trinajstić information content (AvgIpc) is 2.72. The Morgan fingerprint density at radius 1 is 1.11 bits per heavy atom. The molecular weight excluding hydrogens is 364 g/mol. The van der Waals surface area contributed by atoms with Crippen LogP contribution in [-0.4, -0.2) is 16.0 Å². The smallest absolute Gasteiger partial charge is 0.163 e. The number of ketones is 1. The number of benzene rings is 2. The van der Waals surface area contributed by atoms with E-state index >= 15 is 0 Å². The van der Waals surface area contributed by atoms with Gasteiger partial charge in [-0.1, -0.05) is 37.6 Å². The maximum Gasteiger partial charge on any atom is 0.163 e. The van der Waals surface area contributed by atoms with Gasteiger partial charge < -0.3 is 20.8 Å². The lowest BCUT2D eigenvalue weighted by atomic mass is 9.73. The van der Waals surface area contributed by atoms with Crippen molar-refractivity contribution in [2.45, 2.75) is 32.7 Å². The topological polar surface area (TPSA) is 81.6 Å². The van der Waals surface area contributed by atoms with Gasteiger partial charge in [-0.15, -0.1) is 0 Å². The van der Waals surface area contributed by atoms with Gasteiger partial charge in [0.2, 0.25) is 0 Å². The minimum Gasteiger partial charge on any atom is -0.504 e. The third-order valence-electron chi connectivity index (χ3n) is 5.13. The van der Waals surface area contributed by atoms with Crippen LogP contribution in [0.4, 0.5) is 11.4 Å². The number of para-hydroxylation sites is 1. The zero-order valence-electron chi connectivity index (χ0n) is 15.1. The van der Waals surface area contributed by atoms with Gasteiger partial charge >= 0.3 is 0 Å². The van der Waals surface area contributed by atoms with E-state index in [2.05, 4.69) is 24.5 Å². The Morgan fingerprint density at radius 3 is 2.67 bits per heavy atom. The molecule has 4 rings (SSSR count). The van der Waals surface area contributed by atoms with Crippen molar-refractivity contribution in [2.75, 3.05) is 10.6 Å². The molecule has 2 aromatic rings. The number of aromatic hydroxyl groups is 2. The Bertz CT molecular complexity index is 981. The number of anilines is 2. The van der Waals surface area contributed by atoms with Crippen LogP contribution in [0.3, 0.4) is 0 Å². The molecule has 2 aromatic carbocycles. The lowest BCUT2D eigenvalue weighted by Crippen LogP contribution is -2.31. The molecule has 140 valence electrons. The molecule has 5 nitrogen and oxygen atoms in total. The van der Waals surface area contributed by atoms with E-state index in [0.29, 0.717) is 29.0 Å². The number of phenols is 2. The third-order valence-corrected chi connectivity index (χ3v) is 5.37. The van der Waals surface area contributed by atoms with Crippen LogP contribution in [0.25, 0.3) is 0 Å². The summed E-state index contributed by atoms with van der Waals surface area (Å²) in [6.45, 7) is 4.14. The molecule has 0 amide bonds. The fraction of sp³-hybridized carbons (Fsp3) is 0.286. The number of phenolic OH excluding ortho intramolecular Hbond substituents is 2. The van der Waals surface area contributed by atoms with Crippen molar-refractivity contribution < 1.29 is 15.0 Å². The van der Waals surface area contributed by atoms with E-state index in [1.807, 2.05) is 6.07 Å². The Morgan fingerprint density at radius 2 is 1.89 bits per heavy atom. The molecule has 1 heterocycles. The van der Waals surface area contributed by atoms with E-state index in [-0.39, 0.29) is 22.7 Å². The van der Waals surface area contributed by atoms with Crippen molar-refractivity contribution in [3.8, 4) is 11.5 Å². The van der Waals surface area contributed by atoms with Crippen LogP contribution >= 0.6 is 11.6 Å². The Kier molecular flexibility index (Phi) is 4.07. The molecule has 0 unspecified atom stereocenters. The first-order valence-electron chi connectivity index (χ1n) is 8.85. The highest BCUT2D eigenvalue weighted by atomic mass is 35.5. The molecule has 0 radical (unpaired) electrons. The highest BCUT2D eigenvalue weighted by molar-refractivity contribution is 6.31. The van der Waals surface area contributed by atoms with Crippen molar-refractivity contribution in [2.24, 2.45) is 5.41 Å². The summed E-state index contributed by atoms with van der Waals surface area (Å²) in [4.78, 5) is 13.1. The van der Waals surface area contributed by atoms with Crippen LogP contribution in [-0.2, 0) is 4.79 Å². The lowest BCUT2D eigenvalue weighted by molar-refractivity contribution is -0.118. The van der Waals surface area contributed by atoms with Crippen molar-refractivity contribution >= 4 is 28.8 Å². The number of nitrogens with one attached hydrogen (secondary N) is 2. The van der Waals surface area contributed by atoms with Gasteiger partial charge in [0.25, 0.3) is 0 Å². The van der Waals surface area contributed by atoms with Gasteiger partial charge in [-0.2, -0.15) is 0 Å². The number of hydrogen-bond donors (Lipinski definition) is 4. The van der Waals surface area contributed by atoms with E-state index in [0.717, 1.165) is 17.1 Å². The summed E-state index contributed by atoms with van der Waals surface area (Å²) >= 11 is 6.17. The minimum atomic E-state index is -0.595. The van der Waals surface area contributed by atoms with Crippen molar-refractivity contribution in [3.63, 3.8) is 0 Å². The third kappa shape index (κ3) is 3.12. The minimum absolute atomic E-state index is 0.0212. The summed E-state index contributed by atoms with van der Waals surface area (Å²) < 4.78 is 0. The molecule has 6 heteroatoms. The number of rotatable bonds is 1. The molecule has 0 fully saturated rings. The van der Waals surface area contributed by atoms with Gasteiger partial charge in [0.15, 0.2) is 17.3 Å². The van der Waals surface area contributed by atoms with E-state index in [9.17, 15) is 15.0 Å². The second kappa shape index (κ2) is 6.20. The molecule has 2 aliphatic rings. The molecule has 1 aliphatic carbocycles. The van der Waals surface area contributed by atoms with Crippen LogP contribution in [0.15, 0.2) is 47.7 Å². The second-order valence-electron chi connectivity index (χ2n) is 7.94. The van der Waals surface area contributed by atoms with Gasteiger partial charge in [-0.3, -0.25) is 4.79 Å². The first-order chi connectivity index (χ1) is 12.7. The zero-order valence-corrected chi connectivity index (χ0v) is 15.9. The van der Waals surface area contributed by atoms with Gasteiger partial charge in [-0.25, -0.2) is 0 Å². The average molecular weight is 385 g/mol. The number of carbonyl (C=O) groups is 1. The normalized spacial score (nSPS) is 20.9. The van der Waals surface area contributed by atoms with Crippen molar-refractivity contribution in [1.29, 1.82) is 0 Å². The van der Waals surface area contributed by atoms with Crippen molar-refractivity contribution in [1.82, 2.24) is 0 Å². The molecule has 0 saturated heterocycles. The van der Waals surface area contributed by atoms with Gasteiger partial charge in [0, 0.05) is 28.3 Å². The van der Waals surface area contributed by atoms with Crippen LogP contribution in [0.1, 0.15) is 38.3 Å². The van der Waals surface area contributed by atoms with Gasteiger partial charge in [-0.05, 0) is 36.1 Å². The highest BCUT2D eigenvalue weighted by Crippen LogP contribution is 2.48. The van der Waals surface area contributed by atoms with Crippen molar-refractivity contribution in [3.05, 3.63) is 58.3 Å². The van der Waals surface area contributed by atoms with E-state index in [4.69, 9.17) is 11.6 Å². The number of halogens is 1. The summed E-state index contributed by atoms with van der Waals surface area (Å²) in [6.07, 6.45) is 1.12. The Hall–Kier alpha value is -2.66. The number of Topliss-reactive ketones (excluding diaryl/α,β-unsaturated/α-hetero) is 1. The molecular formula is C21H21ClN2O3. The van der Waals surface area contributed by atoms with Gasteiger partial charge in [0.1, 0.15) is 0 Å².